The first kappa shape index (κ1) is 13.3. The molecule has 1 aliphatic rings. The van der Waals surface area contributed by atoms with Crippen LogP contribution in [-0.2, 0) is 4.74 Å². The van der Waals surface area contributed by atoms with Gasteiger partial charge in [0.25, 0.3) is 0 Å². The number of rotatable bonds is 4. The predicted octanol–water partition coefficient (Wildman–Crippen LogP) is 2.95. The van der Waals surface area contributed by atoms with Gasteiger partial charge in [0.1, 0.15) is 0 Å². The Bertz CT molecular complexity index is 405. The molecule has 4 nitrogen and oxygen atoms in total. The zero-order chi connectivity index (χ0) is 13.0. The standard InChI is InChI=1S/C13H18ClNO3/c1-16-12-6-10(14)11(7-13(12)17-2)15-9-4-3-5-18-8-9/h6-7,9,15H,3-5,8H2,1-2H3. The summed E-state index contributed by atoms with van der Waals surface area (Å²) >= 11 is 6.22. The molecule has 1 aliphatic heterocycles. The van der Waals surface area contributed by atoms with Gasteiger partial charge in [-0.1, -0.05) is 11.6 Å². The molecule has 2 rings (SSSR count). The molecule has 0 aliphatic carbocycles. The number of nitrogens with one attached hydrogen (secondary N) is 1. The first-order valence-electron chi connectivity index (χ1n) is 6.00. The lowest BCUT2D eigenvalue weighted by molar-refractivity contribution is 0.0876. The summed E-state index contributed by atoms with van der Waals surface area (Å²) < 4.78 is 15.9. The van der Waals surface area contributed by atoms with Crippen LogP contribution >= 0.6 is 11.6 Å². The molecular weight excluding hydrogens is 254 g/mol. The fourth-order valence-corrected chi connectivity index (χ4v) is 2.25. The monoisotopic (exact) mass is 271 g/mol. The minimum Gasteiger partial charge on any atom is -0.493 e. The average molecular weight is 272 g/mol. The molecule has 1 N–H and O–H groups in total. The molecule has 0 bridgehead atoms. The minimum atomic E-state index is 0.300. The highest BCUT2D eigenvalue weighted by Gasteiger charge is 2.16. The zero-order valence-corrected chi connectivity index (χ0v) is 11.4. The lowest BCUT2D eigenvalue weighted by Crippen LogP contribution is -2.30. The van der Waals surface area contributed by atoms with Gasteiger partial charge in [-0.15, -0.1) is 0 Å². The van der Waals surface area contributed by atoms with Crippen molar-refractivity contribution in [2.75, 3.05) is 32.8 Å². The summed E-state index contributed by atoms with van der Waals surface area (Å²) in [6, 6.07) is 3.91. The van der Waals surface area contributed by atoms with Gasteiger partial charge in [0.05, 0.1) is 31.5 Å². The van der Waals surface area contributed by atoms with Gasteiger partial charge >= 0.3 is 0 Å². The highest BCUT2D eigenvalue weighted by atomic mass is 35.5. The molecule has 0 aromatic heterocycles. The molecule has 1 saturated heterocycles. The van der Waals surface area contributed by atoms with E-state index in [0.29, 0.717) is 29.2 Å². The van der Waals surface area contributed by atoms with Crippen LogP contribution in [0.25, 0.3) is 0 Å². The molecule has 0 saturated carbocycles. The molecule has 0 radical (unpaired) electrons. The van der Waals surface area contributed by atoms with E-state index in [4.69, 9.17) is 25.8 Å². The smallest absolute Gasteiger partial charge is 0.162 e. The van der Waals surface area contributed by atoms with E-state index in [-0.39, 0.29) is 0 Å². The van der Waals surface area contributed by atoms with E-state index >= 15 is 0 Å². The third kappa shape index (κ3) is 3.00. The van der Waals surface area contributed by atoms with Crippen molar-refractivity contribution in [3.05, 3.63) is 17.2 Å². The Morgan fingerprint density at radius 2 is 2.00 bits per heavy atom. The van der Waals surface area contributed by atoms with Crippen molar-refractivity contribution in [2.24, 2.45) is 0 Å². The maximum Gasteiger partial charge on any atom is 0.162 e. The summed E-state index contributed by atoms with van der Waals surface area (Å²) in [7, 11) is 3.20. The van der Waals surface area contributed by atoms with E-state index in [0.717, 1.165) is 25.1 Å². The van der Waals surface area contributed by atoms with E-state index in [1.807, 2.05) is 6.07 Å². The van der Waals surface area contributed by atoms with E-state index in [2.05, 4.69) is 5.32 Å². The van der Waals surface area contributed by atoms with E-state index in [1.54, 1.807) is 20.3 Å². The van der Waals surface area contributed by atoms with Crippen LogP contribution < -0.4 is 14.8 Å². The van der Waals surface area contributed by atoms with Crippen LogP contribution in [0.1, 0.15) is 12.8 Å². The maximum absolute atomic E-state index is 6.22. The summed E-state index contributed by atoms with van der Waals surface area (Å²) in [5.41, 5.74) is 0.852. The third-order valence-electron chi connectivity index (χ3n) is 2.99. The Kier molecular flexibility index (Phi) is 4.55. The van der Waals surface area contributed by atoms with Crippen LogP contribution in [0.15, 0.2) is 12.1 Å². The fraction of sp³-hybridized carbons (Fsp3) is 0.538. The van der Waals surface area contributed by atoms with Crippen molar-refractivity contribution in [3.63, 3.8) is 0 Å². The summed E-state index contributed by atoms with van der Waals surface area (Å²) in [6.45, 7) is 1.56. The summed E-state index contributed by atoms with van der Waals surface area (Å²) in [4.78, 5) is 0. The first-order valence-corrected chi connectivity index (χ1v) is 6.38. The second-order valence-electron chi connectivity index (χ2n) is 4.25. The molecule has 100 valence electrons. The molecule has 1 heterocycles. The topological polar surface area (TPSA) is 39.7 Å². The van der Waals surface area contributed by atoms with Gasteiger partial charge in [-0.3, -0.25) is 0 Å². The highest BCUT2D eigenvalue weighted by molar-refractivity contribution is 6.33. The minimum absolute atomic E-state index is 0.300. The number of benzene rings is 1. The van der Waals surface area contributed by atoms with Crippen molar-refractivity contribution in [1.29, 1.82) is 0 Å². The molecule has 1 atom stereocenters. The Morgan fingerprint density at radius 1 is 1.28 bits per heavy atom. The Labute approximate surface area is 112 Å². The lowest BCUT2D eigenvalue weighted by atomic mass is 10.1. The number of halogens is 1. The molecule has 0 spiro atoms. The highest BCUT2D eigenvalue weighted by Crippen LogP contribution is 2.36. The fourth-order valence-electron chi connectivity index (χ4n) is 2.04. The predicted molar refractivity (Wildman–Crippen MR) is 72.0 cm³/mol. The van der Waals surface area contributed by atoms with Gasteiger partial charge in [0.2, 0.25) is 0 Å². The van der Waals surface area contributed by atoms with E-state index in [9.17, 15) is 0 Å². The Morgan fingerprint density at radius 3 is 2.61 bits per heavy atom. The molecule has 5 heteroatoms. The van der Waals surface area contributed by atoms with Crippen molar-refractivity contribution >= 4 is 17.3 Å². The molecular formula is C13H18ClNO3. The molecule has 1 unspecified atom stereocenters. The van der Waals surface area contributed by atoms with Gasteiger partial charge in [0, 0.05) is 24.8 Å². The SMILES string of the molecule is COc1cc(Cl)c(NC2CCCOC2)cc1OC. The second-order valence-corrected chi connectivity index (χ2v) is 4.65. The van der Waals surface area contributed by atoms with Crippen LogP contribution in [0.2, 0.25) is 5.02 Å². The summed E-state index contributed by atoms with van der Waals surface area (Å²) in [6.07, 6.45) is 2.16. The molecule has 18 heavy (non-hydrogen) atoms. The van der Waals surface area contributed by atoms with Gasteiger partial charge in [-0.25, -0.2) is 0 Å². The van der Waals surface area contributed by atoms with Gasteiger partial charge in [-0.05, 0) is 12.8 Å². The molecule has 0 amide bonds. The average Bonchev–Trinajstić information content (AvgIpc) is 2.41. The van der Waals surface area contributed by atoms with Gasteiger partial charge < -0.3 is 19.5 Å². The Balaban J connectivity index is 2.16. The van der Waals surface area contributed by atoms with Crippen molar-refractivity contribution in [2.45, 2.75) is 18.9 Å². The van der Waals surface area contributed by atoms with Crippen LogP contribution in [0.4, 0.5) is 5.69 Å². The van der Waals surface area contributed by atoms with Crippen LogP contribution in [0, 0.1) is 0 Å². The van der Waals surface area contributed by atoms with Crippen molar-refractivity contribution < 1.29 is 14.2 Å². The van der Waals surface area contributed by atoms with Crippen LogP contribution in [0.3, 0.4) is 0 Å². The molecule has 1 fully saturated rings. The summed E-state index contributed by atoms with van der Waals surface area (Å²) in [5.74, 6) is 1.30. The quantitative estimate of drug-likeness (QED) is 0.914. The normalized spacial score (nSPS) is 19.4. The van der Waals surface area contributed by atoms with Crippen LogP contribution in [-0.4, -0.2) is 33.5 Å². The Hall–Kier alpha value is -1.13. The third-order valence-corrected chi connectivity index (χ3v) is 3.31. The largest absolute Gasteiger partial charge is 0.493 e. The zero-order valence-electron chi connectivity index (χ0n) is 10.7. The molecule has 1 aromatic carbocycles. The maximum atomic E-state index is 6.22. The number of ether oxygens (including phenoxy) is 3. The van der Waals surface area contributed by atoms with Gasteiger partial charge in [-0.2, -0.15) is 0 Å². The number of anilines is 1. The van der Waals surface area contributed by atoms with E-state index < -0.39 is 0 Å². The van der Waals surface area contributed by atoms with Crippen LogP contribution in [0.5, 0.6) is 11.5 Å². The van der Waals surface area contributed by atoms with Gasteiger partial charge in [0.15, 0.2) is 11.5 Å². The van der Waals surface area contributed by atoms with E-state index in [1.165, 1.54) is 0 Å². The molecule has 1 aromatic rings. The number of methoxy groups -OCH3 is 2. The van der Waals surface area contributed by atoms with Crippen molar-refractivity contribution in [1.82, 2.24) is 0 Å². The number of hydrogen-bond donors (Lipinski definition) is 1. The summed E-state index contributed by atoms with van der Waals surface area (Å²) in [5, 5.41) is 4.01. The second kappa shape index (κ2) is 6.16. The first-order chi connectivity index (χ1) is 8.74. The van der Waals surface area contributed by atoms with Crippen molar-refractivity contribution in [3.8, 4) is 11.5 Å². The lowest BCUT2D eigenvalue weighted by Gasteiger charge is -2.25. The number of hydrogen-bond acceptors (Lipinski definition) is 4.